The third-order valence-corrected chi connectivity index (χ3v) is 5.76. The molecule has 0 amide bonds. The minimum Gasteiger partial charge on any atom is -0.376 e. The van der Waals surface area contributed by atoms with Gasteiger partial charge in [0.1, 0.15) is 5.01 Å². The Morgan fingerprint density at radius 1 is 1.27 bits per heavy atom. The quantitative estimate of drug-likeness (QED) is 0.638. The Bertz CT molecular complexity index is 914. The predicted octanol–water partition coefficient (Wildman–Crippen LogP) is 4.74. The summed E-state index contributed by atoms with van der Waals surface area (Å²) in [4.78, 5) is 4.73. The number of benzene rings is 2. The standard InChI is InChI=1S/C20H21N3OS2/c1-13-4-9-17-18(11-13)26-19(23-17)14-5-7-15(8-6-14)22-20(25)21-12-16-3-2-10-24-16/h4-9,11,16H,2-3,10,12H2,1H3,(H2,21,22,25). The third kappa shape index (κ3) is 4.03. The molecule has 2 aromatic carbocycles. The summed E-state index contributed by atoms with van der Waals surface area (Å²) in [5.41, 5.74) is 4.40. The van der Waals surface area contributed by atoms with Gasteiger partial charge in [0, 0.05) is 24.4 Å². The number of fused-ring (bicyclic) bond motifs is 1. The molecule has 3 aromatic rings. The van der Waals surface area contributed by atoms with E-state index in [0.29, 0.717) is 5.11 Å². The van der Waals surface area contributed by atoms with Gasteiger partial charge in [0.2, 0.25) is 0 Å². The number of anilines is 1. The lowest BCUT2D eigenvalue weighted by molar-refractivity contribution is 0.114. The van der Waals surface area contributed by atoms with E-state index in [1.165, 1.54) is 10.3 Å². The van der Waals surface area contributed by atoms with Crippen molar-refractivity contribution < 1.29 is 4.74 Å². The van der Waals surface area contributed by atoms with Gasteiger partial charge >= 0.3 is 0 Å². The van der Waals surface area contributed by atoms with Gasteiger partial charge in [-0.05, 0) is 73.9 Å². The van der Waals surface area contributed by atoms with E-state index >= 15 is 0 Å². The molecule has 2 N–H and O–H groups in total. The number of hydrogen-bond donors (Lipinski definition) is 2. The number of nitrogens with one attached hydrogen (secondary N) is 2. The number of nitrogens with zero attached hydrogens (tertiary/aromatic N) is 1. The van der Waals surface area contributed by atoms with Crippen molar-refractivity contribution in [2.45, 2.75) is 25.9 Å². The van der Waals surface area contributed by atoms with Crippen molar-refractivity contribution >= 4 is 44.6 Å². The third-order valence-electron chi connectivity index (χ3n) is 4.45. The highest BCUT2D eigenvalue weighted by Gasteiger charge is 2.15. The Hall–Kier alpha value is -2.02. The molecule has 0 radical (unpaired) electrons. The molecule has 0 spiro atoms. The van der Waals surface area contributed by atoms with Crippen molar-refractivity contribution in [1.82, 2.24) is 10.3 Å². The van der Waals surface area contributed by atoms with E-state index < -0.39 is 0 Å². The zero-order chi connectivity index (χ0) is 17.9. The molecule has 1 aromatic heterocycles. The van der Waals surface area contributed by atoms with Gasteiger partial charge in [0.25, 0.3) is 0 Å². The summed E-state index contributed by atoms with van der Waals surface area (Å²) in [6, 6.07) is 14.6. The van der Waals surface area contributed by atoms with E-state index in [1.807, 2.05) is 12.1 Å². The molecule has 2 heterocycles. The molecule has 1 fully saturated rings. The smallest absolute Gasteiger partial charge is 0.170 e. The number of aromatic nitrogens is 1. The summed E-state index contributed by atoms with van der Waals surface area (Å²) in [5.74, 6) is 0. The summed E-state index contributed by atoms with van der Waals surface area (Å²) in [7, 11) is 0. The molecule has 26 heavy (non-hydrogen) atoms. The summed E-state index contributed by atoms with van der Waals surface area (Å²) in [5, 5.41) is 8.12. The molecule has 1 saturated heterocycles. The molecule has 4 rings (SSSR count). The minimum atomic E-state index is 0.278. The second-order valence-corrected chi connectivity index (χ2v) is 7.98. The average molecular weight is 384 g/mol. The molecule has 1 aliphatic rings. The van der Waals surface area contributed by atoms with E-state index in [0.717, 1.165) is 47.8 Å². The van der Waals surface area contributed by atoms with Crippen molar-refractivity contribution in [3.05, 3.63) is 48.0 Å². The maximum absolute atomic E-state index is 5.59. The highest BCUT2D eigenvalue weighted by Crippen LogP contribution is 2.31. The van der Waals surface area contributed by atoms with Crippen molar-refractivity contribution in [2.75, 3.05) is 18.5 Å². The fourth-order valence-corrected chi connectivity index (χ4v) is 4.31. The van der Waals surface area contributed by atoms with Gasteiger partial charge in [-0.25, -0.2) is 4.98 Å². The van der Waals surface area contributed by atoms with E-state index in [1.54, 1.807) is 11.3 Å². The van der Waals surface area contributed by atoms with Gasteiger partial charge in [0.15, 0.2) is 5.11 Å². The van der Waals surface area contributed by atoms with Crippen LogP contribution in [0.25, 0.3) is 20.8 Å². The van der Waals surface area contributed by atoms with Crippen molar-refractivity contribution in [3.63, 3.8) is 0 Å². The van der Waals surface area contributed by atoms with Gasteiger partial charge in [-0.15, -0.1) is 11.3 Å². The molecular weight excluding hydrogens is 362 g/mol. The molecule has 6 heteroatoms. The van der Waals surface area contributed by atoms with Crippen LogP contribution in [-0.4, -0.2) is 29.4 Å². The Balaban J connectivity index is 1.40. The van der Waals surface area contributed by atoms with Gasteiger partial charge in [-0.3, -0.25) is 0 Å². The molecular formula is C20H21N3OS2. The lowest BCUT2D eigenvalue weighted by Crippen LogP contribution is -2.34. The normalized spacial score (nSPS) is 16.7. The average Bonchev–Trinajstić information content (AvgIpc) is 3.29. The second kappa shape index (κ2) is 7.70. The molecule has 4 nitrogen and oxygen atoms in total. The molecule has 134 valence electrons. The van der Waals surface area contributed by atoms with Crippen LogP contribution >= 0.6 is 23.6 Å². The summed E-state index contributed by atoms with van der Waals surface area (Å²) in [6.07, 6.45) is 2.52. The summed E-state index contributed by atoms with van der Waals surface area (Å²) < 4.78 is 6.82. The number of hydrogen-bond acceptors (Lipinski definition) is 4. The number of aryl methyl sites for hydroxylation is 1. The molecule has 0 aliphatic carbocycles. The van der Waals surface area contributed by atoms with Crippen LogP contribution in [0, 0.1) is 6.92 Å². The van der Waals surface area contributed by atoms with Gasteiger partial charge in [-0.1, -0.05) is 6.07 Å². The molecule has 1 atom stereocenters. The van der Waals surface area contributed by atoms with E-state index in [2.05, 4.69) is 47.9 Å². The highest BCUT2D eigenvalue weighted by atomic mass is 32.1. The summed E-state index contributed by atoms with van der Waals surface area (Å²) in [6.45, 7) is 3.73. The first-order chi connectivity index (χ1) is 12.7. The van der Waals surface area contributed by atoms with Crippen LogP contribution in [0.1, 0.15) is 18.4 Å². The van der Waals surface area contributed by atoms with Crippen LogP contribution in [0.5, 0.6) is 0 Å². The monoisotopic (exact) mass is 383 g/mol. The van der Waals surface area contributed by atoms with E-state index in [9.17, 15) is 0 Å². The SMILES string of the molecule is Cc1ccc2nc(-c3ccc(NC(=S)NCC4CCCO4)cc3)sc2c1. The van der Waals surface area contributed by atoms with Crippen LogP contribution in [0.3, 0.4) is 0 Å². The first-order valence-corrected chi connectivity index (χ1v) is 10.0. The highest BCUT2D eigenvalue weighted by molar-refractivity contribution is 7.80. The fourth-order valence-electron chi connectivity index (χ4n) is 3.04. The Kier molecular flexibility index (Phi) is 5.15. The zero-order valence-corrected chi connectivity index (χ0v) is 16.3. The van der Waals surface area contributed by atoms with E-state index in [4.69, 9.17) is 21.9 Å². The number of thiocarbonyl (C=S) groups is 1. The lowest BCUT2D eigenvalue weighted by atomic mass is 10.2. The Labute approximate surface area is 162 Å². The van der Waals surface area contributed by atoms with Crippen molar-refractivity contribution in [1.29, 1.82) is 0 Å². The van der Waals surface area contributed by atoms with Gasteiger partial charge < -0.3 is 15.4 Å². The van der Waals surface area contributed by atoms with Gasteiger partial charge in [-0.2, -0.15) is 0 Å². The first kappa shape index (κ1) is 17.4. The number of rotatable bonds is 4. The van der Waals surface area contributed by atoms with Crippen LogP contribution in [0.15, 0.2) is 42.5 Å². The molecule has 1 unspecified atom stereocenters. The fraction of sp³-hybridized carbons (Fsp3) is 0.300. The van der Waals surface area contributed by atoms with Crippen LogP contribution in [0.4, 0.5) is 5.69 Å². The zero-order valence-electron chi connectivity index (χ0n) is 14.6. The topological polar surface area (TPSA) is 46.2 Å². The number of ether oxygens (including phenoxy) is 1. The van der Waals surface area contributed by atoms with Crippen molar-refractivity contribution in [3.8, 4) is 10.6 Å². The van der Waals surface area contributed by atoms with E-state index in [-0.39, 0.29) is 6.10 Å². The first-order valence-electron chi connectivity index (χ1n) is 8.81. The molecule has 0 bridgehead atoms. The largest absolute Gasteiger partial charge is 0.376 e. The Morgan fingerprint density at radius 2 is 2.12 bits per heavy atom. The number of thiazole rings is 1. The van der Waals surface area contributed by atoms with Crippen molar-refractivity contribution in [2.24, 2.45) is 0 Å². The minimum absolute atomic E-state index is 0.278. The van der Waals surface area contributed by atoms with Crippen LogP contribution in [0.2, 0.25) is 0 Å². The molecule has 1 aliphatic heterocycles. The summed E-state index contributed by atoms with van der Waals surface area (Å²) >= 11 is 7.09. The van der Waals surface area contributed by atoms with Gasteiger partial charge in [0.05, 0.1) is 16.3 Å². The van der Waals surface area contributed by atoms with Crippen LogP contribution in [-0.2, 0) is 4.74 Å². The Morgan fingerprint density at radius 3 is 2.88 bits per heavy atom. The lowest BCUT2D eigenvalue weighted by Gasteiger charge is -2.14. The second-order valence-electron chi connectivity index (χ2n) is 6.54. The maximum atomic E-state index is 5.59. The predicted molar refractivity (Wildman–Crippen MR) is 113 cm³/mol. The maximum Gasteiger partial charge on any atom is 0.170 e. The van der Waals surface area contributed by atoms with Crippen LogP contribution < -0.4 is 10.6 Å². The molecule has 0 saturated carbocycles.